The molecule has 3 aromatic carbocycles. The highest BCUT2D eigenvalue weighted by Gasteiger charge is 2.32. The Morgan fingerprint density at radius 2 is 1.61 bits per heavy atom. The predicted molar refractivity (Wildman–Crippen MR) is 145 cm³/mol. The first-order chi connectivity index (χ1) is 17.5. The molecule has 1 aliphatic rings. The van der Waals surface area contributed by atoms with Gasteiger partial charge in [0, 0.05) is 29.8 Å². The zero-order valence-electron chi connectivity index (χ0n) is 21.9. The zero-order valence-corrected chi connectivity index (χ0v) is 21.9. The normalized spacial score (nSPS) is 17.6. The maximum Gasteiger partial charge on any atom is 0.254 e. The first-order valence-electron chi connectivity index (χ1n) is 12.8. The number of carbonyl (C=O) groups is 1. The molecule has 1 amide bonds. The van der Waals surface area contributed by atoms with Crippen molar-refractivity contribution in [2.45, 2.75) is 51.6 Å². The van der Waals surface area contributed by atoms with Crippen molar-refractivity contribution in [3.8, 4) is 11.5 Å². The van der Waals surface area contributed by atoms with Crippen LogP contribution >= 0.6 is 0 Å². The number of benzene rings is 3. The largest absolute Gasteiger partial charge is 0.496 e. The average Bonchev–Trinajstić information content (AvgIpc) is 2.88. The molecule has 0 aliphatic carbocycles. The summed E-state index contributed by atoms with van der Waals surface area (Å²) in [6.45, 7) is 5.68. The number of amides is 1. The quantitative estimate of drug-likeness (QED) is 0.442. The fourth-order valence-electron chi connectivity index (χ4n) is 5.42. The molecule has 0 aromatic heterocycles. The predicted octanol–water partition coefficient (Wildman–Crippen LogP) is 5.37. The summed E-state index contributed by atoms with van der Waals surface area (Å²) in [5.74, 6) is 1.85. The van der Waals surface area contributed by atoms with Crippen molar-refractivity contribution < 1.29 is 14.3 Å². The Bertz CT molecular complexity index is 1120. The van der Waals surface area contributed by atoms with Crippen molar-refractivity contribution in [3.63, 3.8) is 0 Å². The summed E-state index contributed by atoms with van der Waals surface area (Å²) in [7, 11) is 3.39. The van der Waals surface area contributed by atoms with E-state index in [9.17, 15) is 4.79 Å². The first-order valence-corrected chi connectivity index (χ1v) is 12.8. The van der Waals surface area contributed by atoms with Crippen molar-refractivity contribution in [2.75, 3.05) is 27.3 Å². The van der Waals surface area contributed by atoms with Crippen molar-refractivity contribution in [1.29, 1.82) is 0 Å². The van der Waals surface area contributed by atoms with Gasteiger partial charge in [0.2, 0.25) is 0 Å². The average molecular weight is 487 g/mol. The molecule has 1 fully saturated rings. The molecule has 190 valence electrons. The summed E-state index contributed by atoms with van der Waals surface area (Å²) in [5, 5.41) is 3.76. The molecule has 0 spiro atoms. The van der Waals surface area contributed by atoms with Gasteiger partial charge in [-0.05, 0) is 75.9 Å². The second-order valence-electron chi connectivity index (χ2n) is 9.78. The van der Waals surface area contributed by atoms with Crippen LogP contribution in [0.25, 0.3) is 0 Å². The molecule has 1 saturated heterocycles. The molecule has 36 heavy (non-hydrogen) atoms. The molecule has 0 bridgehead atoms. The molecule has 4 rings (SSSR count). The summed E-state index contributed by atoms with van der Waals surface area (Å²) in [4.78, 5) is 15.7. The Kier molecular flexibility index (Phi) is 8.65. The molecule has 5 nitrogen and oxygen atoms in total. The van der Waals surface area contributed by atoms with Crippen molar-refractivity contribution in [1.82, 2.24) is 10.2 Å². The maximum atomic E-state index is 13.6. The van der Waals surface area contributed by atoms with Gasteiger partial charge in [0.15, 0.2) is 0 Å². The monoisotopic (exact) mass is 486 g/mol. The lowest BCUT2D eigenvalue weighted by Crippen LogP contribution is -2.52. The molecule has 0 radical (unpaired) electrons. The molecule has 2 atom stereocenters. The third-order valence-electron chi connectivity index (χ3n) is 7.10. The Morgan fingerprint density at radius 3 is 2.25 bits per heavy atom. The van der Waals surface area contributed by atoms with E-state index in [1.54, 1.807) is 14.2 Å². The number of methoxy groups -OCH3 is 2. The van der Waals surface area contributed by atoms with E-state index in [1.807, 2.05) is 36.4 Å². The van der Waals surface area contributed by atoms with E-state index >= 15 is 0 Å². The molecule has 1 aliphatic heterocycles. The van der Waals surface area contributed by atoms with Crippen LogP contribution in [0, 0.1) is 13.8 Å². The number of hydrogen-bond acceptors (Lipinski definition) is 4. The number of carbonyl (C=O) groups excluding carboxylic acids is 1. The van der Waals surface area contributed by atoms with Crippen LogP contribution in [0.3, 0.4) is 0 Å². The lowest BCUT2D eigenvalue weighted by atomic mass is 9.91. The lowest BCUT2D eigenvalue weighted by molar-refractivity contribution is 0.0577. The van der Waals surface area contributed by atoms with Crippen molar-refractivity contribution in [3.05, 3.63) is 94.5 Å². The van der Waals surface area contributed by atoms with Gasteiger partial charge in [-0.15, -0.1) is 0 Å². The minimum absolute atomic E-state index is 0.139. The molecule has 1 N–H and O–H groups in total. The molecular formula is C31H38N2O3. The maximum absolute atomic E-state index is 13.6. The van der Waals surface area contributed by atoms with Crippen LogP contribution in [-0.4, -0.2) is 50.2 Å². The number of ether oxygens (including phenoxy) is 2. The summed E-state index contributed by atoms with van der Waals surface area (Å²) in [6, 6.07) is 23.0. The van der Waals surface area contributed by atoms with Crippen LogP contribution in [0.15, 0.2) is 66.7 Å². The number of rotatable bonds is 9. The minimum atomic E-state index is 0.139. The van der Waals surface area contributed by atoms with Gasteiger partial charge in [0.05, 0.1) is 14.2 Å². The van der Waals surface area contributed by atoms with Gasteiger partial charge < -0.3 is 19.7 Å². The standard InChI is InChI=1S/C31H38N2O3/c1-22-17-23(2)19-25(18-22)31(34)33-16-14-26(21-27(33)20-24-9-6-5-7-10-24)32-15-13-28-29(35-3)11-8-12-30(28)36-4/h5-12,17-19,26-27,32H,13-16,20-21H2,1-4H3/t26-,27+/m0/s1. The van der Waals surface area contributed by atoms with E-state index in [1.165, 1.54) is 5.56 Å². The van der Waals surface area contributed by atoms with E-state index in [4.69, 9.17) is 9.47 Å². The molecule has 0 unspecified atom stereocenters. The molecule has 5 heteroatoms. The fraction of sp³-hybridized carbons (Fsp3) is 0.387. The Labute approximate surface area is 215 Å². The van der Waals surface area contributed by atoms with E-state index in [0.29, 0.717) is 6.04 Å². The third kappa shape index (κ3) is 6.27. The van der Waals surface area contributed by atoms with E-state index in [-0.39, 0.29) is 11.9 Å². The second kappa shape index (κ2) is 12.1. The van der Waals surface area contributed by atoms with Gasteiger partial charge in [-0.3, -0.25) is 4.79 Å². The van der Waals surface area contributed by atoms with Gasteiger partial charge in [-0.2, -0.15) is 0 Å². The van der Waals surface area contributed by atoms with Crippen LogP contribution in [0.4, 0.5) is 0 Å². The summed E-state index contributed by atoms with van der Waals surface area (Å²) in [6.07, 6.45) is 3.54. The highest BCUT2D eigenvalue weighted by atomic mass is 16.5. The summed E-state index contributed by atoms with van der Waals surface area (Å²) < 4.78 is 11.1. The van der Waals surface area contributed by atoms with E-state index in [0.717, 1.165) is 72.5 Å². The van der Waals surface area contributed by atoms with Crippen LogP contribution in [0.2, 0.25) is 0 Å². The van der Waals surface area contributed by atoms with Crippen LogP contribution in [0.1, 0.15) is 45.5 Å². The molecular weight excluding hydrogens is 448 g/mol. The van der Waals surface area contributed by atoms with Gasteiger partial charge >= 0.3 is 0 Å². The second-order valence-corrected chi connectivity index (χ2v) is 9.78. The lowest BCUT2D eigenvalue weighted by Gasteiger charge is -2.40. The van der Waals surface area contributed by atoms with Gasteiger partial charge in [0.1, 0.15) is 11.5 Å². The number of nitrogens with one attached hydrogen (secondary N) is 1. The van der Waals surface area contributed by atoms with Crippen molar-refractivity contribution in [2.24, 2.45) is 0 Å². The number of piperidine rings is 1. The molecule has 3 aromatic rings. The fourth-order valence-corrected chi connectivity index (χ4v) is 5.42. The van der Waals surface area contributed by atoms with Gasteiger partial charge in [-0.1, -0.05) is 53.6 Å². The first kappa shape index (κ1) is 25.8. The number of hydrogen-bond donors (Lipinski definition) is 1. The van der Waals surface area contributed by atoms with Crippen LogP contribution < -0.4 is 14.8 Å². The summed E-state index contributed by atoms with van der Waals surface area (Å²) in [5.41, 5.74) is 5.39. The molecule has 1 heterocycles. The van der Waals surface area contributed by atoms with E-state index < -0.39 is 0 Å². The SMILES string of the molecule is COc1cccc(OC)c1CCN[C@H]1CCN(C(=O)c2cc(C)cc(C)c2)[C@H](Cc2ccccc2)C1. The topological polar surface area (TPSA) is 50.8 Å². The van der Waals surface area contributed by atoms with Crippen molar-refractivity contribution >= 4 is 5.91 Å². The van der Waals surface area contributed by atoms with Crippen LogP contribution in [-0.2, 0) is 12.8 Å². The van der Waals surface area contributed by atoms with Gasteiger partial charge in [0.25, 0.3) is 5.91 Å². The highest BCUT2D eigenvalue weighted by molar-refractivity contribution is 5.95. The number of likely N-dealkylation sites (tertiary alicyclic amines) is 1. The van der Waals surface area contributed by atoms with E-state index in [2.05, 4.69) is 54.4 Å². The Balaban J connectivity index is 1.46. The Hall–Kier alpha value is -3.31. The summed E-state index contributed by atoms with van der Waals surface area (Å²) >= 11 is 0. The Morgan fingerprint density at radius 1 is 0.944 bits per heavy atom. The number of aryl methyl sites for hydroxylation is 2. The highest BCUT2D eigenvalue weighted by Crippen LogP contribution is 2.29. The molecule has 0 saturated carbocycles. The smallest absolute Gasteiger partial charge is 0.254 e. The number of nitrogens with zero attached hydrogens (tertiary/aromatic N) is 1. The zero-order chi connectivity index (χ0) is 25.5. The van der Waals surface area contributed by atoms with Crippen LogP contribution in [0.5, 0.6) is 11.5 Å². The third-order valence-corrected chi connectivity index (χ3v) is 7.10. The minimum Gasteiger partial charge on any atom is -0.496 e. The van der Waals surface area contributed by atoms with Gasteiger partial charge in [-0.25, -0.2) is 0 Å².